The van der Waals surface area contributed by atoms with Gasteiger partial charge in [-0.05, 0) is 6.42 Å². The zero-order valence-corrected chi connectivity index (χ0v) is 7.87. The molecule has 0 spiro atoms. The predicted molar refractivity (Wildman–Crippen MR) is 47.0 cm³/mol. The molecule has 1 aromatic rings. The molecular weight excluding hydrogens is 212 g/mol. The van der Waals surface area contributed by atoms with Crippen LogP contribution in [0.3, 0.4) is 0 Å². The molecule has 0 aliphatic rings. The van der Waals surface area contributed by atoms with Crippen LogP contribution in [0.5, 0.6) is 0 Å². The summed E-state index contributed by atoms with van der Waals surface area (Å²) in [6, 6.07) is 1.27. The van der Waals surface area contributed by atoms with Crippen molar-refractivity contribution in [2.24, 2.45) is 5.73 Å². The first-order valence-corrected chi connectivity index (χ1v) is 4.24. The van der Waals surface area contributed by atoms with E-state index in [2.05, 4.69) is 5.32 Å². The Bertz CT molecular complexity index is 341. The molecule has 3 N–H and O–H groups in total. The zero-order valence-electron chi connectivity index (χ0n) is 7.87. The lowest BCUT2D eigenvalue weighted by atomic mass is 10.2. The molecule has 1 rings (SSSR count). The molecular formula is C9H9F4N2. The fourth-order valence-corrected chi connectivity index (χ4v) is 0.936. The monoisotopic (exact) mass is 221 g/mol. The van der Waals surface area contributed by atoms with E-state index < -0.39 is 35.1 Å². The second-order valence-electron chi connectivity index (χ2n) is 2.92. The Kier molecular flexibility index (Phi) is 3.52. The van der Waals surface area contributed by atoms with Crippen LogP contribution in [-0.2, 0) is 0 Å². The summed E-state index contributed by atoms with van der Waals surface area (Å²) in [5.41, 5.74) is 4.44. The minimum atomic E-state index is -1.58. The maximum atomic E-state index is 13.0. The smallest absolute Gasteiger partial charge is 0.185 e. The molecule has 1 unspecified atom stereocenters. The van der Waals surface area contributed by atoms with Crippen molar-refractivity contribution in [2.75, 3.05) is 5.32 Å². The third-order valence-corrected chi connectivity index (χ3v) is 1.81. The largest absolute Gasteiger partial charge is 0.365 e. The highest BCUT2D eigenvalue weighted by atomic mass is 19.2. The minimum Gasteiger partial charge on any atom is -0.365 e. The molecule has 0 saturated heterocycles. The average molecular weight is 221 g/mol. The molecule has 0 bridgehead atoms. The van der Waals surface area contributed by atoms with E-state index in [1.165, 1.54) is 6.07 Å². The second kappa shape index (κ2) is 4.48. The predicted octanol–water partition coefficient (Wildman–Crippen LogP) is 2.15. The molecule has 1 radical (unpaired) electrons. The highest BCUT2D eigenvalue weighted by Gasteiger charge is 2.20. The number of halogens is 4. The van der Waals surface area contributed by atoms with Crippen LogP contribution < -0.4 is 11.1 Å². The van der Waals surface area contributed by atoms with Gasteiger partial charge in [-0.1, -0.05) is 6.92 Å². The summed E-state index contributed by atoms with van der Waals surface area (Å²) in [5.74, 6) is -6.23. The number of rotatable bonds is 3. The number of nitrogens with two attached hydrogens (primary N) is 1. The molecule has 1 atom stereocenters. The van der Waals surface area contributed by atoms with Crippen LogP contribution in [0.15, 0.2) is 0 Å². The van der Waals surface area contributed by atoms with Gasteiger partial charge in [0.1, 0.15) is 5.69 Å². The molecule has 0 heterocycles. The van der Waals surface area contributed by atoms with Gasteiger partial charge in [-0.15, -0.1) is 0 Å². The molecule has 0 aliphatic carbocycles. The summed E-state index contributed by atoms with van der Waals surface area (Å²) in [5, 5.41) is 2.14. The summed E-state index contributed by atoms with van der Waals surface area (Å²) in [4.78, 5) is 0. The van der Waals surface area contributed by atoms with E-state index in [9.17, 15) is 17.6 Å². The van der Waals surface area contributed by atoms with Crippen molar-refractivity contribution in [1.29, 1.82) is 0 Å². The second-order valence-corrected chi connectivity index (χ2v) is 2.92. The third kappa shape index (κ3) is 2.38. The normalized spacial score (nSPS) is 12.7. The fraction of sp³-hybridized carbons (Fsp3) is 0.333. The van der Waals surface area contributed by atoms with Crippen LogP contribution in [0.25, 0.3) is 0 Å². The highest BCUT2D eigenvalue weighted by Crippen LogP contribution is 2.23. The molecule has 0 fully saturated rings. The van der Waals surface area contributed by atoms with Crippen LogP contribution in [0.1, 0.15) is 13.3 Å². The highest BCUT2D eigenvalue weighted by molar-refractivity contribution is 5.47. The van der Waals surface area contributed by atoms with Gasteiger partial charge in [0.2, 0.25) is 0 Å². The molecule has 0 saturated carbocycles. The van der Waals surface area contributed by atoms with Gasteiger partial charge in [-0.3, -0.25) is 0 Å². The van der Waals surface area contributed by atoms with Crippen molar-refractivity contribution in [1.82, 2.24) is 0 Å². The molecule has 0 amide bonds. The number of anilines is 1. The Morgan fingerprint density at radius 2 is 1.67 bits per heavy atom. The molecule has 6 heteroatoms. The van der Waals surface area contributed by atoms with Gasteiger partial charge in [-0.25, -0.2) is 17.6 Å². The maximum Gasteiger partial charge on any atom is 0.185 e. The van der Waals surface area contributed by atoms with Gasteiger partial charge in [0.05, 0.1) is 12.2 Å². The standard InChI is InChI=1S/C9H9F4N2/c1-2-6(14)15-9-7(12)4(10)3-5(11)8(9)13/h6,15H,2,14H2,1H3. The van der Waals surface area contributed by atoms with Crippen molar-refractivity contribution in [3.63, 3.8) is 0 Å². The van der Waals surface area contributed by atoms with Gasteiger partial charge >= 0.3 is 0 Å². The first-order chi connectivity index (χ1) is 6.97. The summed E-state index contributed by atoms with van der Waals surface area (Å²) in [6.07, 6.45) is -0.434. The van der Waals surface area contributed by atoms with E-state index in [-0.39, 0.29) is 0 Å². The van der Waals surface area contributed by atoms with Crippen LogP contribution in [-0.4, -0.2) is 6.17 Å². The summed E-state index contributed by atoms with van der Waals surface area (Å²) in [7, 11) is 0. The van der Waals surface area contributed by atoms with Gasteiger partial charge in [0.25, 0.3) is 0 Å². The van der Waals surface area contributed by atoms with Gasteiger partial charge in [0, 0.05) is 0 Å². The Hall–Kier alpha value is -1.30. The van der Waals surface area contributed by atoms with Crippen molar-refractivity contribution in [2.45, 2.75) is 19.5 Å². The summed E-state index contributed by atoms with van der Waals surface area (Å²) in [6.45, 7) is 1.65. The number of hydrogen-bond donors (Lipinski definition) is 2. The average Bonchev–Trinajstić information content (AvgIpc) is 2.21. The maximum absolute atomic E-state index is 13.0. The van der Waals surface area contributed by atoms with Gasteiger partial charge in [0.15, 0.2) is 23.3 Å². The first kappa shape index (κ1) is 11.8. The van der Waals surface area contributed by atoms with E-state index in [4.69, 9.17) is 5.73 Å². The quantitative estimate of drug-likeness (QED) is 0.466. The Labute approximate surface area is 84.1 Å². The van der Waals surface area contributed by atoms with E-state index in [0.717, 1.165) is 0 Å². The van der Waals surface area contributed by atoms with Crippen molar-refractivity contribution < 1.29 is 17.6 Å². The van der Waals surface area contributed by atoms with Gasteiger partial charge in [-0.2, -0.15) is 0 Å². The third-order valence-electron chi connectivity index (χ3n) is 1.81. The number of hydrogen-bond acceptors (Lipinski definition) is 2. The number of nitrogens with one attached hydrogen (secondary N) is 1. The minimum absolute atomic E-state index is 0.348. The molecule has 83 valence electrons. The lowest BCUT2D eigenvalue weighted by molar-refractivity contribution is 0.453. The van der Waals surface area contributed by atoms with E-state index in [0.29, 0.717) is 6.42 Å². The Morgan fingerprint density at radius 3 is 2.07 bits per heavy atom. The lowest BCUT2D eigenvalue weighted by Gasteiger charge is -2.14. The molecule has 2 nitrogen and oxygen atoms in total. The van der Waals surface area contributed by atoms with Crippen LogP contribution >= 0.6 is 0 Å². The molecule has 1 aromatic carbocycles. The molecule has 0 aromatic heterocycles. The number of benzene rings is 1. The van der Waals surface area contributed by atoms with Crippen LogP contribution in [0, 0.1) is 29.3 Å². The summed E-state index contributed by atoms with van der Waals surface area (Å²) >= 11 is 0. The Morgan fingerprint density at radius 1 is 1.20 bits per heavy atom. The SMILES string of the molecule is CCC(N)Nc1c(F)c(F)[c]c(F)c1F. The van der Waals surface area contributed by atoms with E-state index >= 15 is 0 Å². The van der Waals surface area contributed by atoms with E-state index in [1.807, 2.05) is 0 Å². The summed E-state index contributed by atoms with van der Waals surface area (Å²) < 4.78 is 51.3. The van der Waals surface area contributed by atoms with Crippen LogP contribution in [0.2, 0.25) is 0 Å². The van der Waals surface area contributed by atoms with Gasteiger partial charge < -0.3 is 11.1 Å². The molecule has 15 heavy (non-hydrogen) atoms. The first-order valence-electron chi connectivity index (χ1n) is 4.24. The molecule has 0 aliphatic heterocycles. The fourth-order valence-electron chi connectivity index (χ4n) is 0.936. The van der Waals surface area contributed by atoms with Crippen molar-refractivity contribution >= 4 is 5.69 Å². The topological polar surface area (TPSA) is 38.0 Å². The van der Waals surface area contributed by atoms with E-state index in [1.54, 1.807) is 6.92 Å². The lowest BCUT2D eigenvalue weighted by Crippen LogP contribution is -2.29. The van der Waals surface area contributed by atoms with Crippen molar-refractivity contribution in [3.8, 4) is 0 Å². The Balaban J connectivity index is 3.15. The zero-order chi connectivity index (χ0) is 11.6. The van der Waals surface area contributed by atoms with Crippen LogP contribution in [0.4, 0.5) is 23.2 Å². The van der Waals surface area contributed by atoms with Crippen molar-refractivity contribution in [3.05, 3.63) is 29.3 Å².